The average molecular weight is 270 g/mol. The van der Waals surface area contributed by atoms with Crippen LogP contribution in [0.3, 0.4) is 0 Å². The average Bonchev–Trinajstić information content (AvgIpc) is 3.11. The lowest BCUT2D eigenvalue weighted by Crippen LogP contribution is -2.29. The summed E-state index contributed by atoms with van der Waals surface area (Å²) >= 11 is 0. The molecule has 110 valence electrons. The van der Waals surface area contributed by atoms with Gasteiger partial charge in [0.1, 0.15) is 0 Å². The van der Waals surface area contributed by atoms with E-state index in [2.05, 4.69) is 11.8 Å². The number of nitrogens with zero attached hydrogens (tertiary/aromatic N) is 1. The number of aliphatic carboxylic acids is 1. The van der Waals surface area contributed by atoms with Crippen LogP contribution in [0.5, 0.6) is 0 Å². The van der Waals surface area contributed by atoms with Gasteiger partial charge in [-0.1, -0.05) is 32.6 Å². The van der Waals surface area contributed by atoms with E-state index < -0.39 is 5.97 Å². The fourth-order valence-electron chi connectivity index (χ4n) is 2.63. The van der Waals surface area contributed by atoms with E-state index >= 15 is 0 Å². The van der Waals surface area contributed by atoms with E-state index in [9.17, 15) is 9.59 Å². The van der Waals surface area contributed by atoms with Crippen LogP contribution in [0.25, 0.3) is 0 Å². The van der Waals surface area contributed by atoms with Crippen molar-refractivity contribution in [3.05, 3.63) is 0 Å². The Morgan fingerprint density at radius 1 is 1.26 bits per heavy atom. The zero-order valence-electron chi connectivity index (χ0n) is 11.8. The molecule has 0 aromatic heterocycles. The minimum Gasteiger partial charge on any atom is -0.481 e. The third-order valence-corrected chi connectivity index (χ3v) is 3.90. The van der Waals surface area contributed by atoms with E-state index in [0.29, 0.717) is 6.04 Å². The predicted molar refractivity (Wildman–Crippen MR) is 73.7 cm³/mol. The number of carboxylic acids is 1. The summed E-state index contributed by atoms with van der Waals surface area (Å²) in [6.07, 6.45) is 5.95. The van der Waals surface area contributed by atoms with Crippen LogP contribution >= 0.6 is 0 Å². The van der Waals surface area contributed by atoms with Crippen LogP contribution in [-0.2, 0) is 9.59 Å². The summed E-state index contributed by atoms with van der Waals surface area (Å²) in [6.45, 7) is 4.09. The van der Waals surface area contributed by atoms with Crippen LogP contribution in [0.1, 0.15) is 51.9 Å². The smallest absolute Gasteiger partial charge is 0.303 e. The fraction of sp³-hybridized carbons (Fsp3) is 0.857. The minimum atomic E-state index is -0.720. The third-order valence-electron chi connectivity index (χ3n) is 3.90. The Bertz CT molecular complexity index is 307. The Labute approximate surface area is 115 Å². The summed E-state index contributed by atoms with van der Waals surface area (Å²) in [5.74, 6) is -0.895. The summed E-state index contributed by atoms with van der Waals surface area (Å²) in [5.41, 5.74) is 5.46. The second kappa shape index (κ2) is 8.15. The molecule has 0 aromatic carbocycles. The van der Waals surface area contributed by atoms with E-state index in [1.54, 1.807) is 0 Å². The monoisotopic (exact) mass is 270 g/mol. The maximum absolute atomic E-state index is 11.4. The summed E-state index contributed by atoms with van der Waals surface area (Å²) in [7, 11) is 0. The van der Waals surface area contributed by atoms with Crippen LogP contribution in [-0.4, -0.2) is 41.0 Å². The van der Waals surface area contributed by atoms with Crippen molar-refractivity contribution in [2.45, 2.75) is 57.9 Å². The topological polar surface area (TPSA) is 83.4 Å². The van der Waals surface area contributed by atoms with Gasteiger partial charge in [0, 0.05) is 19.0 Å². The molecule has 19 heavy (non-hydrogen) atoms. The minimum absolute atomic E-state index is 0.000954. The van der Waals surface area contributed by atoms with Gasteiger partial charge in [-0.15, -0.1) is 0 Å². The van der Waals surface area contributed by atoms with Gasteiger partial charge in [-0.05, 0) is 19.4 Å². The highest BCUT2D eigenvalue weighted by molar-refractivity contribution is 5.77. The van der Waals surface area contributed by atoms with Gasteiger partial charge in [0.05, 0.1) is 5.92 Å². The lowest BCUT2D eigenvalue weighted by Gasteiger charge is -2.12. The van der Waals surface area contributed by atoms with Crippen LogP contribution in [0.4, 0.5) is 0 Å². The molecular weight excluding hydrogens is 244 g/mol. The van der Waals surface area contributed by atoms with Crippen LogP contribution < -0.4 is 5.73 Å². The van der Waals surface area contributed by atoms with Gasteiger partial charge in [-0.25, -0.2) is 0 Å². The van der Waals surface area contributed by atoms with Gasteiger partial charge in [0.15, 0.2) is 0 Å². The second-order valence-corrected chi connectivity index (χ2v) is 5.36. The first-order valence-corrected chi connectivity index (χ1v) is 7.31. The number of carbonyl (C=O) groups is 2. The number of hydrogen-bond acceptors (Lipinski definition) is 3. The first-order chi connectivity index (χ1) is 9.06. The Hall–Kier alpha value is -1.10. The molecule has 1 rings (SSSR count). The Balaban J connectivity index is 2.06. The first-order valence-electron chi connectivity index (χ1n) is 7.31. The fourth-order valence-corrected chi connectivity index (χ4v) is 2.63. The zero-order chi connectivity index (χ0) is 14.3. The quantitative estimate of drug-likeness (QED) is 0.441. The summed E-state index contributed by atoms with van der Waals surface area (Å²) < 4.78 is 0. The van der Waals surface area contributed by atoms with Gasteiger partial charge in [-0.3, -0.25) is 14.5 Å². The molecule has 3 N–H and O–H groups in total. The van der Waals surface area contributed by atoms with Gasteiger partial charge in [0.2, 0.25) is 5.91 Å². The van der Waals surface area contributed by atoms with Gasteiger partial charge in [-0.2, -0.15) is 0 Å². The first kappa shape index (κ1) is 16.0. The van der Waals surface area contributed by atoms with Gasteiger partial charge >= 0.3 is 5.97 Å². The molecule has 5 nitrogen and oxygen atoms in total. The number of unbranched alkanes of at least 4 members (excludes halogenated alkanes) is 4. The molecule has 1 fully saturated rings. The number of amides is 1. The lowest BCUT2D eigenvalue weighted by molar-refractivity contribution is -0.137. The van der Waals surface area contributed by atoms with Crippen LogP contribution in [0.15, 0.2) is 0 Å². The van der Waals surface area contributed by atoms with Crippen molar-refractivity contribution in [3.63, 3.8) is 0 Å². The molecule has 0 aliphatic carbocycles. The number of rotatable bonds is 11. The molecule has 0 bridgehead atoms. The molecule has 3 atom stereocenters. The summed E-state index contributed by atoms with van der Waals surface area (Å²) in [5, 5.41) is 8.51. The molecular formula is C14H26N2O3. The number of carbonyl (C=O) groups excluding carboxylic acids is 1. The molecule has 0 saturated carbocycles. The van der Waals surface area contributed by atoms with E-state index in [1.807, 2.05) is 0 Å². The van der Waals surface area contributed by atoms with Gasteiger partial charge in [0.25, 0.3) is 0 Å². The maximum atomic E-state index is 11.4. The normalized spacial score (nSPS) is 23.0. The lowest BCUT2D eigenvalue weighted by atomic mass is 9.96. The molecule has 0 radical (unpaired) electrons. The number of hydrogen-bond donors (Lipinski definition) is 2. The number of likely N-dealkylation sites (N-methyl/N-ethyl adjacent to an activating group) is 1. The third kappa shape index (κ3) is 6.05. The van der Waals surface area contributed by atoms with Crippen molar-refractivity contribution in [2.24, 2.45) is 11.7 Å². The Morgan fingerprint density at radius 2 is 1.89 bits per heavy atom. The Kier molecular flexibility index (Phi) is 6.84. The molecule has 1 amide bonds. The molecule has 0 aromatic rings. The van der Waals surface area contributed by atoms with E-state index in [0.717, 1.165) is 51.6 Å². The van der Waals surface area contributed by atoms with Crippen molar-refractivity contribution in [1.82, 2.24) is 4.90 Å². The SMILES string of the molecule is CCN1CC1C(CCCCCCCC(=O)O)C(N)=O. The van der Waals surface area contributed by atoms with E-state index in [4.69, 9.17) is 10.8 Å². The maximum Gasteiger partial charge on any atom is 0.303 e. The molecule has 1 aliphatic heterocycles. The second-order valence-electron chi connectivity index (χ2n) is 5.36. The molecule has 1 aliphatic rings. The van der Waals surface area contributed by atoms with Crippen molar-refractivity contribution < 1.29 is 14.7 Å². The molecule has 5 heteroatoms. The van der Waals surface area contributed by atoms with Crippen molar-refractivity contribution in [1.29, 1.82) is 0 Å². The Morgan fingerprint density at radius 3 is 2.42 bits per heavy atom. The van der Waals surface area contributed by atoms with Gasteiger partial charge < -0.3 is 10.8 Å². The highest BCUT2D eigenvalue weighted by Gasteiger charge is 2.41. The number of carboxylic acid groups (broad SMARTS) is 1. The standard InChI is InChI=1S/C14H26N2O3/c1-2-16-10-12(16)11(14(15)19)8-6-4-3-5-7-9-13(17)18/h11-12H,2-10H2,1H3,(H2,15,19)(H,17,18). The van der Waals surface area contributed by atoms with Crippen molar-refractivity contribution in [3.8, 4) is 0 Å². The highest BCUT2D eigenvalue weighted by Crippen LogP contribution is 2.28. The predicted octanol–water partition coefficient (Wildman–Crippen LogP) is 1.61. The zero-order valence-corrected chi connectivity index (χ0v) is 11.8. The van der Waals surface area contributed by atoms with E-state index in [1.165, 1.54) is 0 Å². The van der Waals surface area contributed by atoms with Crippen LogP contribution in [0, 0.1) is 5.92 Å². The van der Waals surface area contributed by atoms with Crippen molar-refractivity contribution >= 4 is 11.9 Å². The molecule has 0 spiro atoms. The highest BCUT2D eigenvalue weighted by atomic mass is 16.4. The number of primary amides is 1. The van der Waals surface area contributed by atoms with E-state index in [-0.39, 0.29) is 18.2 Å². The van der Waals surface area contributed by atoms with Crippen LogP contribution in [0.2, 0.25) is 0 Å². The van der Waals surface area contributed by atoms with Crippen molar-refractivity contribution in [2.75, 3.05) is 13.1 Å². The summed E-state index contributed by atoms with van der Waals surface area (Å²) in [6, 6.07) is 0.370. The number of nitrogens with two attached hydrogens (primary N) is 1. The molecule has 1 saturated heterocycles. The summed E-state index contributed by atoms with van der Waals surface area (Å²) in [4.78, 5) is 24.0. The molecule has 1 heterocycles. The molecule has 3 unspecified atom stereocenters. The largest absolute Gasteiger partial charge is 0.481 e.